The lowest BCUT2D eigenvalue weighted by Crippen LogP contribution is -2.55. The van der Waals surface area contributed by atoms with Crippen LogP contribution in [0.15, 0.2) is 36.4 Å². The molecule has 1 spiro atoms. The van der Waals surface area contributed by atoms with Gasteiger partial charge in [0.1, 0.15) is 41.9 Å². The summed E-state index contributed by atoms with van der Waals surface area (Å²) in [4.78, 5) is 0. The molecule has 7 nitrogen and oxygen atoms in total. The average Bonchev–Trinajstić information content (AvgIpc) is 3.53. The van der Waals surface area contributed by atoms with Gasteiger partial charge < -0.3 is 35.2 Å². The van der Waals surface area contributed by atoms with Crippen molar-refractivity contribution in [2.24, 2.45) is 0 Å². The van der Waals surface area contributed by atoms with Crippen molar-refractivity contribution >= 4 is 17.3 Å². The Kier molecular flexibility index (Phi) is 5.37. The molecule has 0 aromatic heterocycles. The number of hydrogen-bond acceptors (Lipinski definition) is 7. The summed E-state index contributed by atoms with van der Waals surface area (Å²) in [5.41, 5.74) is 3.46. The molecule has 1 saturated carbocycles. The van der Waals surface area contributed by atoms with E-state index in [-0.39, 0.29) is 5.60 Å². The third-order valence-electron chi connectivity index (χ3n) is 6.46. The molecule has 5 rings (SSSR count). The molecule has 2 aromatic carbocycles. The van der Waals surface area contributed by atoms with Gasteiger partial charge in [-0.15, -0.1) is 0 Å². The fourth-order valence-corrected chi connectivity index (χ4v) is 4.55. The highest BCUT2D eigenvalue weighted by atomic mass is 35.5. The summed E-state index contributed by atoms with van der Waals surface area (Å²) >= 11 is 6.45. The minimum atomic E-state index is -1.42. The van der Waals surface area contributed by atoms with Crippen LogP contribution in [0, 0.1) is 0 Å². The second-order valence-electron chi connectivity index (χ2n) is 8.75. The summed E-state index contributed by atoms with van der Waals surface area (Å²) in [7, 11) is 0. The average molecular weight is 448 g/mol. The van der Waals surface area contributed by atoms with Gasteiger partial charge in [0.2, 0.25) is 0 Å². The van der Waals surface area contributed by atoms with Crippen LogP contribution in [0.3, 0.4) is 0 Å². The molecule has 2 fully saturated rings. The molecule has 31 heavy (non-hydrogen) atoms. The molecule has 5 atom stereocenters. The molecular formula is C23H26ClNO6. The van der Waals surface area contributed by atoms with Crippen LogP contribution < -0.4 is 10.1 Å². The number of halogens is 1. The Balaban J connectivity index is 1.38. The Hall–Kier alpha value is -1.87. The van der Waals surface area contributed by atoms with Gasteiger partial charge in [0.25, 0.3) is 0 Å². The second kappa shape index (κ2) is 7.92. The SMILES string of the molecule is OC[C@H]1O[C@@H](c2ccc(Cl)c(Cc3ccc4c(c3)NCC3(CC3)O4)c2)[C@H](O)[C@@H](O)[C@@H]1O. The summed E-state index contributed by atoms with van der Waals surface area (Å²) in [6.45, 7) is 0.351. The number of anilines is 1. The van der Waals surface area contributed by atoms with Crippen LogP contribution in [-0.4, -0.2) is 63.6 Å². The largest absolute Gasteiger partial charge is 0.483 e. The smallest absolute Gasteiger partial charge is 0.143 e. The highest BCUT2D eigenvalue weighted by molar-refractivity contribution is 6.31. The molecule has 166 valence electrons. The molecule has 5 N–H and O–H groups in total. The molecule has 8 heteroatoms. The number of rotatable bonds is 4. The molecule has 1 saturated heterocycles. The zero-order valence-corrected chi connectivity index (χ0v) is 17.6. The van der Waals surface area contributed by atoms with Gasteiger partial charge >= 0.3 is 0 Å². The minimum Gasteiger partial charge on any atom is -0.483 e. The molecule has 3 aliphatic rings. The van der Waals surface area contributed by atoms with Crippen LogP contribution in [0.5, 0.6) is 5.75 Å². The van der Waals surface area contributed by atoms with E-state index in [1.54, 1.807) is 12.1 Å². The van der Waals surface area contributed by atoms with Gasteiger partial charge in [0.15, 0.2) is 0 Å². The molecule has 2 heterocycles. The highest BCUT2D eigenvalue weighted by Gasteiger charge is 2.48. The van der Waals surface area contributed by atoms with Crippen molar-refractivity contribution in [2.45, 2.75) is 55.4 Å². The van der Waals surface area contributed by atoms with Crippen molar-refractivity contribution in [3.63, 3.8) is 0 Å². The Morgan fingerprint density at radius 2 is 1.84 bits per heavy atom. The minimum absolute atomic E-state index is 0.0163. The highest BCUT2D eigenvalue weighted by Crippen LogP contribution is 2.46. The number of hydrogen-bond donors (Lipinski definition) is 5. The topological polar surface area (TPSA) is 111 Å². The molecule has 2 aliphatic heterocycles. The summed E-state index contributed by atoms with van der Waals surface area (Å²) in [5, 5.41) is 44.0. The van der Waals surface area contributed by atoms with Crippen molar-refractivity contribution in [1.29, 1.82) is 0 Å². The maximum atomic E-state index is 10.4. The van der Waals surface area contributed by atoms with Gasteiger partial charge in [-0.1, -0.05) is 29.8 Å². The lowest BCUT2D eigenvalue weighted by molar-refractivity contribution is -0.231. The fraction of sp³-hybridized carbons (Fsp3) is 0.478. The van der Waals surface area contributed by atoms with E-state index in [1.165, 1.54) is 0 Å². The molecule has 2 aromatic rings. The summed E-state index contributed by atoms with van der Waals surface area (Å²) in [6.07, 6.45) is -3.25. The van der Waals surface area contributed by atoms with E-state index < -0.39 is 37.1 Å². The van der Waals surface area contributed by atoms with Gasteiger partial charge in [-0.3, -0.25) is 0 Å². The predicted molar refractivity (Wildman–Crippen MR) is 115 cm³/mol. The Morgan fingerprint density at radius 1 is 1.03 bits per heavy atom. The molecule has 0 bridgehead atoms. The van der Waals surface area contributed by atoms with Crippen molar-refractivity contribution in [3.8, 4) is 5.75 Å². The first-order chi connectivity index (χ1) is 14.9. The van der Waals surface area contributed by atoms with E-state index in [9.17, 15) is 20.4 Å². The van der Waals surface area contributed by atoms with Gasteiger partial charge in [-0.05, 0) is 54.2 Å². The number of nitrogens with one attached hydrogen (secondary N) is 1. The Morgan fingerprint density at radius 3 is 2.58 bits per heavy atom. The number of benzene rings is 2. The van der Waals surface area contributed by atoms with Gasteiger partial charge in [0, 0.05) is 5.02 Å². The van der Waals surface area contributed by atoms with Crippen LogP contribution in [0.2, 0.25) is 5.02 Å². The van der Waals surface area contributed by atoms with E-state index in [0.29, 0.717) is 17.0 Å². The third-order valence-corrected chi connectivity index (χ3v) is 6.83. The van der Waals surface area contributed by atoms with Crippen molar-refractivity contribution < 1.29 is 29.9 Å². The molecular weight excluding hydrogens is 422 g/mol. The van der Waals surface area contributed by atoms with Crippen LogP contribution in [-0.2, 0) is 11.2 Å². The van der Waals surface area contributed by atoms with Crippen molar-refractivity contribution in [3.05, 3.63) is 58.1 Å². The first kappa shape index (κ1) is 21.0. The fourth-order valence-electron chi connectivity index (χ4n) is 4.36. The summed E-state index contributed by atoms with van der Waals surface area (Å²) < 4.78 is 11.8. The number of fused-ring (bicyclic) bond motifs is 1. The first-order valence-corrected chi connectivity index (χ1v) is 10.9. The van der Waals surface area contributed by atoms with E-state index in [2.05, 4.69) is 11.4 Å². The molecule has 0 amide bonds. The Bertz CT molecular complexity index is 979. The van der Waals surface area contributed by atoms with Gasteiger partial charge in [-0.2, -0.15) is 0 Å². The quantitative estimate of drug-likeness (QED) is 0.485. The zero-order chi connectivity index (χ0) is 21.8. The van der Waals surface area contributed by atoms with Crippen molar-refractivity contribution in [1.82, 2.24) is 0 Å². The lowest BCUT2D eigenvalue weighted by atomic mass is 9.90. The standard InChI is InChI=1S/C23H26ClNO6/c24-15-3-2-13(22-21(29)20(28)19(27)18(10-26)30-22)9-14(15)7-12-1-4-17-16(8-12)25-11-23(31-17)5-6-23/h1-4,8-9,18-22,25-29H,5-7,10-11H2/t18-,19-,20+,21-,22+/m1/s1. The molecule has 1 aliphatic carbocycles. The predicted octanol–water partition coefficient (Wildman–Crippen LogP) is 1.78. The number of aliphatic hydroxyl groups is 4. The van der Waals surface area contributed by atoms with Crippen LogP contribution >= 0.6 is 11.6 Å². The number of ether oxygens (including phenoxy) is 2. The molecule has 0 unspecified atom stereocenters. The van der Waals surface area contributed by atoms with Gasteiger partial charge in [-0.25, -0.2) is 0 Å². The van der Waals surface area contributed by atoms with E-state index in [1.807, 2.05) is 18.2 Å². The summed E-state index contributed by atoms with van der Waals surface area (Å²) in [5.74, 6) is 0.869. The van der Waals surface area contributed by atoms with Gasteiger partial charge in [0.05, 0.1) is 18.8 Å². The second-order valence-corrected chi connectivity index (χ2v) is 9.15. The lowest BCUT2D eigenvalue weighted by Gasteiger charge is -2.40. The van der Waals surface area contributed by atoms with E-state index >= 15 is 0 Å². The third kappa shape index (κ3) is 3.91. The van der Waals surface area contributed by atoms with E-state index in [4.69, 9.17) is 21.1 Å². The zero-order valence-electron chi connectivity index (χ0n) is 16.9. The van der Waals surface area contributed by atoms with Crippen LogP contribution in [0.1, 0.15) is 35.6 Å². The summed E-state index contributed by atoms with van der Waals surface area (Å²) in [6, 6.07) is 11.3. The van der Waals surface area contributed by atoms with Crippen LogP contribution in [0.4, 0.5) is 5.69 Å². The normalized spacial score (nSPS) is 30.9. The van der Waals surface area contributed by atoms with Crippen LogP contribution in [0.25, 0.3) is 0 Å². The number of aliphatic hydroxyl groups excluding tert-OH is 4. The maximum absolute atomic E-state index is 10.4. The first-order valence-electron chi connectivity index (χ1n) is 10.5. The van der Waals surface area contributed by atoms with Crippen molar-refractivity contribution in [2.75, 3.05) is 18.5 Å². The monoisotopic (exact) mass is 447 g/mol. The Labute approximate surface area is 185 Å². The molecule has 0 radical (unpaired) electrons. The van der Waals surface area contributed by atoms with E-state index in [0.717, 1.165) is 42.0 Å². The maximum Gasteiger partial charge on any atom is 0.143 e.